The van der Waals surface area contributed by atoms with Crippen LogP contribution in [0, 0.1) is 12.8 Å². The Kier molecular flexibility index (Phi) is 4.48. The predicted molar refractivity (Wildman–Crippen MR) is 113 cm³/mol. The maximum Gasteiger partial charge on any atom is 0.159 e. The first kappa shape index (κ1) is 17.9. The van der Waals surface area contributed by atoms with Gasteiger partial charge in [0.2, 0.25) is 0 Å². The highest BCUT2D eigenvalue weighted by Gasteiger charge is 2.25. The van der Waals surface area contributed by atoms with Crippen molar-refractivity contribution in [1.29, 1.82) is 0 Å². The van der Waals surface area contributed by atoms with Gasteiger partial charge in [0.15, 0.2) is 5.82 Å². The molecule has 146 valence electrons. The number of benzene rings is 1. The van der Waals surface area contributed by atoms with Crippen LogP contribution in [0.5, 0.6) is 0 Å². The molecule has 0 spiro atoms. The Labute approximate surface area is 169 Å². The van der Waals surface area contributed by atoms with Crippen molar-refractivity contribution in [1.82, 2.24) is 25.1 Å². The third-order valence-corrected chi connectivity index (χ3v) is 6.21. The van der Waals surface area contributed by atoms with Gasteiger partial charge < -0.3 is 10.2 Å². The SMILES string of the molecule is Cc1nc(N2CC(C)C2)cc(-n2ncc3cc(Cl)c(C4CCNCC4)cc32)n1. The minimum Gasteiger partial charge on any atom is -0.356 e. The zero-order valence-corrected chi connectivity index (χ0v) is 17.1. The lowest BCUT2D eigenvalue weighted by atomic mass is 9.90. The Morgan fingerprint density at radius 2 is 1.82 bits per heavy atom. The number of nitrogens with zero attached hydrogens (tertiary/aromatic N) is 5. The number of nitrogens with one attached hydrogen (secondary N) is 1. The van der Waals surface area contributed by atoms with Crippen molar-refractivity contribution in [3.8, 4) is 5.82 Å². The number of piperidine rings is 1. The zero-order valence-electron chi connectivity index (χ0n) is 16.3. The maximum atomic E-state index is 6.63. The molecule has 1 N–H and O–H groups in total. The summed E-state index contributed by atoms with van der Waals surface area (Å²) in [6.45, 7) is 8.39. The summed E-state index contributed by atoms with van der Waals surface area (Å²) in [6, 6.07) is 6.30. The molecule has 5 rings (SSSR count). The molecule has 0 bridgehead atoms. The van der Waals surface area contributed by atoms with Crippen molar-refractivity contribution in [2.75, 3.05) is 31.1 Å². The Balaban J connectivity index is 1.57. The summed E-state index contributed by atoms with van der Waals surface area (Å²) in [5.41, 5.74) is 2.28. The summed E-state index contributed by atoms with van der Waals surface area (Å²) in [6.07, 6.45) is 4.10. The Hall–Kier alpha value is -2.18. The van der Waals surface area contributed by atoms with Crippen LogP contribution in [-0.4, -0.2) is 45.9 Å². The molecule has 2 fully saturated rings. The second-order valence-electron chi connectivity index (χ2n) is 8.15. The quantitative estimate of drug-likeness (QED) is 0.731. The van der Waals surface area contributed by atoms with Gasteiger partial charge in [-0.1, -0.05) is 18.5 Å². The van der Waals surface area contributed by atoms with E-state index in [2.05, 4.69) is 38.3 Å². The van der Waals surface area contributed by atoms with E-state index in [1.54, 1.807) is 0 Å². The van der Waals surface area contributed by atoms with Crippen LogP contribution < -0.4 is 10.2 Å². The first-order chi connectivity index (χ1) is 13.6. The van der Waals surface area contributed by atoms with E-state index in [-0.39, 0.29) is 0 Å². The number of hydrogen-bond donors (Lipinski definition) is 1. The molecule has 0 unspecified atom stereocenters. The van der Waals surface area contributed by atoms with Crippen LogP contribution >= 0.6 is 11.6 Å². The number of hydrogen-bond acceptors (Lipinski definition) is 5. The molecular weight excluding hydrogens is 372 g/mol. The van der Waals surface area contributed by atoms with Gasteiger partial charge in [0, 0.05) is 29.6 Å². The van der Waals surface area contributed by atoms with Crippen LogP contribution in [0.4, 0.5) is 5.82 Å². The minimum atomic E-state index is 0.492. The first-order valence-corrected chi connectivity index (χ1v) is 10.4. The first-order valence-electron chi connectivity index (χ1n) is 10.1. The van der Waals surface area contributed by atoms with Gasteiger partial charge in [-0.2, -0.15) is 5.10 Å². The van der Waals surface area contributed by atoms with E-state index < -0.39 is 0 Å². The summed E-state index contributed by atoms with van der Waals surface area (Å²) in [4.78, 5) is 11.6. The van der Waals surface area contributed by atoms with Gasteiger partial charge >= 0.3 is 0 Å². The average Bonchev–Trinajstić information content (AvgIpc) is 3.07. The molecule has 0 atom stereocenters. The molecule has 2 saturated heterocycles. The van der Waals surface area contributed by atoms with Crippen LogP contribution in [0.1, 0.15) is 37.1 Å². The topological polar surface area (TPSA) is 58.9 Å². The number of aryl methyl sites for hydroxylation is 1. The molecule has 0 radical (unpaired) electrons. The highest BCUT2D eigenvalue weighted by Crippen LogP contribution is 2.35. The Morgan fingerprint density at radius 1 is 1.07 bits per heavy atom. The van der Waals surface area contributed by atoms with E-state index in [4.69, 9.17) is 11.6 Å². The van der Waals surface area contributed by atoms with Crippen LogP contribution in [0.2, 0.25) is 5.02 Å². The molecule has 2 aliphatic heterocycles. The lowest BCUT2D eigenvalue weighted by Crippen LogP contribution is -2.45. The lowest BCUT2D eigenvalue weighted by molar-refractivity contribution is 0.442. The van der Waals surface area contributed by atoms with Gasteiger partial charge in [0.05, 0.1) is 11.7 Å². The highest BCUT2D eigenvalue weighted by atomic mass is 35.5. The Morgan fingerprint density at radius 3 is 2.57 bits per heavy atom. The fourth-order valence-corrected chi connectivity index (χ4v) is 4.71. The number of halogens is 1. The lowest BCUT2D eigenvalue weighted by Gasteiger charge is -2.38. The summed E-state index contributed by atoms with van der Waals surface area (Å²) >= 11 is 6.63. The number of fused-ring (bicyclic) bond motifs is 1. The van der Waals surface area contributed by atoms with Gasteiger partial charge in [-0.15, -0.1) is 0 Å². The molecule has 0 aliphatic carbocycles. The molecule has 3 aromatic rings. The van der Waals surface area contributed by atoms with Crippen molar-refractivity contribution in [3.05, 3.63) is 40.8 Å². The third kappa shape index (κ3) is 3.14. The van der Waals surface area contributed by atoms with Crippen LogP contribution in [-0.2, 0) is 0 Å². The summed E-state index contributed by atoms with van der Waals surface area (Å²) in [5, 5.41) is 9.94. The van der Waals surface area contributed by atoms with E-state index in [0.717, 1.165) is 78.3 Å². The van der Waals surface area contributed by atoms with Crippen molar-refractivity contribution in [3.63, 3.8) is 0 Å². The fourth-order valence-electron chi connectivity index (χ4n) is 4.38. The van der Waals surface area contributed by atoms with Gasteiger partial charge in [0.25, 0.3) is 0 Å². The number of anilines is 1. The molecule has 0 saturated carbocycles. The van der Waals surface area contributed by atoms with Crippen molar-refractivity contribution in [2.24, 2.45) is 5.92 Å². The van der Waals surface area contributed by atoms with Crippen molar-refractivity contribution >= 4 is 28.3 Å². The summed E-state index contributed by atoms with van der Waals surface area (Å²) in [7, 11) is 0. The molecule has 2 aliphatic rings. The van der Waals surface area contributed by atoms with E-state index in [1.165, 1.54) is 5.56 Å². The van der Waals surface area contributed by atoms with Crippen LogP contribution in [0.25, 0.3) is 16.7 Å². The molecule has 1 aromatic carbocycles. The molecule has 7 heteroatoms. The molecule has 6 nitrogen and oxygen atoms in total. The van der Waals surface area contributed by atoms with Crippen molar-refractivity contribution < 1.29 is 0 Å². The van der Waals surface area contributed by atoms with Gasteiger partial charge in [-0.25, -0.2) is 14.6 Å². The van der Waals surface area contributed by atoms with E-state index in [1.807, 2.05) is 29.9 Å². The monoisotopic (exact) mass is 396 g/mol. The van der Waals surface area contributed by atoms with E-state index in [9.17, 15) is 0 Å². The predicted octanol–water partition coefficient (Wildman–Crippen LogP) is 3.70. The van der Waals surface area contributed by atoms with Gasteiger partial charge in [-0.3, -0.25) is 0 Å². The highest BCUT2D eigenvalue weighted by molar-refractivity contribution is 6.32. The van der Waals surface area contributed by atoms with E-state index >= 15 is 0 Å². The molecule has 4 heterocycles. The fraction of sp³-hybridized carbons (Fsp3) is 0.476. The standard InChI is InChI=1S/C21H25ClN6/c1-13-11-27(12-13)20-9-21(26-14(2)25-20)28-19-8-17(15-3-5-23-6-4-15)18(22)7-16(19)10-24-28/h7-10,13,15,23H,3-6,11-12H2,1-2H3. The largest absolute Gasteiger partial charge is 0.356 e. The molecular formula is C21H25ClN6. The summed E-state index contributed by atoms with van der Waals surface area (Å²) in [5.74, 6) is 3.78. The van der Waals surface area contributed by atoms with Gasteiger partial charge in [0.1, 0.15) is 11.6 Å². The van der Waals surface area contributed by atoms with Crippen molar-refractivity contribution in [2.45, 2.75) is 32.6 Å². The third-order valence-electron chi connectivity index (χ3n) is 5.88. The minimum absolute atomic E-state index is 0.492. The normalized spacial score (nSPS) is 18.6. The zero-order chi connectivity index (χ0) is 19.3. The molecule has 28 heavy (non-hydrogen) atoms. The number of rotatable bonds is 3. The maximum absolute atomic E-state index is 6.63. The number of aromatic nitrogens is 4. The second-order valence-corrected chi connectivity index (χ2v) is 8.56. The molecule has 2 aromatic heterocycles. The van der Waals surface area contributed by atoms with Crippen LogP contribution in [0.3, 0.4) is 0 Å². The smallest absolute Gasteiger partial charge is 0.159 e. The van der Waals surface area contributed by atoms with Crippen LogP contribution in [0.15, 0.2) is 24.4 Å². The average molecular weight is 397 g/mol. The van der Waals surface area contributed by atoms with E-state index in [0.29, 0.717) is 5.92 Å². The summed E-state index contributed by atoms with van der Waals surface area (Å²) < 4.78 is 1.93. The van der Waals surface area contributed by atoms with Gasteiger partial charge in [-0.05, 0) is 62.4 Å². The second kappa shape index (κ2) is 7.01. The molecule has 0 amide bonds. The Bertz CT molecular complexity index is 1020.